The van der Waals surface area contributed by atoms with Gasteiger partial charge in [0, 0.05) is 19.1 Å². The van der Waals surface area contributed by atoms with Gasteiger partial charge in [0.25, 0.3) is 5.91 Å². The van der Waals surface area contributed by atoms with E-state index in [0.717, 1.165) is 25.0 Å². The molecular weight excluding hydrogens is 321 g/mol. The molecule has 1 saturated heterocycles. The summed E-state index contributed by atoms with van der Waals surface area (Å²) in [6, 6.07) is 4.31. The third kappa shape index (κ3) is 4.51. The standard InChI is InChI=1S/C14H17F3N2O2.ClH/c15-14(16,17)10-3-5-12(6-4-10)21-9-13(20)19-7-1-2-11(19)8-18;/h3-6,11H,1-2,7-9,18H2;1H. The van der Waals surface area contributed by atoms with E-state index >= 15 is 0 Å². The molecule has 0 saturated carbocycles. The second kappa shape index (κ2) is 7.69. The summed E-state index contributed by atoms with van der Waals surface area (Å²) >= 11 is 0. The zero-order valence-corrected chi connectivity index (χ0v) is 12.6. The Bertz CT molecular complexity index is 494. The van der Waals surface area contributed by atoms with Crippen molar-refractivity contribution in [3.8, 4) is 5.75 Å². The molecule has 0 aromatic heterocycles. The van der Waals surface area contributed by atoms with Gasteiger partial charge >= 0.3 is 6.18 Å². The molecule has 0 radical (unpaired) electrons. The SMILES string of the molecule is Cl.NCC1CCCN1C(=O)COc1ccc(C(F)(F)F)cc1. The number of benzene rings is 1. The van der Waals surface area contributed by atoms with Crippen LogP contribution in [0.5, 0.6) is 5.75 Å². The molecule has 124 valence electrons. The van der Waals surface area contributed by atoms with Gasteiger partial charge in [-0.3, -0.25) is 4.79 Å². The van der Waals surface area contributed by atoms with Gasteiger partial charge in [-0.25, -0.2) is 0 Å². The van der Waals surface area contributed by atoms with Crippen molar-refractivity contribution in [3.63, 3.8) is 0 Å². The van der Waals surface area contributed by atoms with Crippen LogP contribution < -0.4 is 10.5 Å². The molecular formula is C14H18ClF3N2O2. The third-order valence-electron chi connectivity index (χ3n) is 3.51. The molecule has 1 aliphatic heterocycles. The van der Waals surface area contributed by atoms with E-state index in [1.54, 1.807) is 4.90 Å². The predicted molar refractivity (Wildman–Crippen MR) is 78.0 cm³/mol. The minimum Gasteiger partial charge on any atom is -0.484 e. The Balaban J connectivity index is 0.00000242. The molecule has 8 heteroatoms. The monoisotopic (exact) mass is 338 g/mol. The second-order valence-electron chi connectivity index (χ2n) is 4.93. The summed E-state index contributed by atoms with van der Waals surface area (Å²) in [5, 5.41) is 0. The molecule has 0 aliphatic carbocycles. The highest BCUT2D eigenvalue weighted by Gasteiger charge is 2.30. The summed E-state index contributed by atoms with van der Waals surface area (Å²) in [5.41, 5.74) is 4.84. The Hall–Kier alpha value is -1.47. The number of alkyl halides is 3. The van der Waals surface area contributed by atoms with Crippen LogP contribution in [0.1, 0.15) is 18.4 Å². The zero-order valence-electron chi connectivity index (χ0n) is 11.8. The lowest BCUT2D eigenvalue weighted by atomic mass is 10.2. The van der Waals surface area contributed by atoms with Crippen molar-refractivity contribution >= 4 is 18.3 Å². The summed E-state index contributed by atoms with van der Waals surface area (Å²) in [6.45, 7) is 0.866. The maximum absolute atomic E-state index is 12.4. The molecule has 2 N–H and O–H groups in total. The van der Waals surface area contributed by atoms with Crippen molar-refractivity contribution in [2.45, 2.75) is 25.1 Å². The van der Waals surface area contributed by atoms with Gasteiger partial charge in [0.15, 0.2) is 6.61 Å². The van der Waals surface area contributed by atoms with Gasteiger partial charge in [-0.05, 0) is 37.1 Å². The fourth-order valence-corrected chi connectivity index (χ4v) is 2.38. The first-order valence-corrected chi connectivity index (χ1v) is 6.71. The van der Waals surface area contributed by atoms with Crippen molar-refractivity contribution in [2.24, 2.45) is 5.73 Å². The Morgan fingerprint density at radius 1 is 1.32 bits per heavy atom. The average Bonchev–Trinajstić information content (AvgIpc) is 2.92. The number of nitrogens with two attached hydrogens (primary N) is 1. The molecule has 2 rings (SSSR count). The van der Waals surface area contributed by atoms with Crippen LogP contribution in [0.3, 0.4) is 0 Å². The minimum absolute atomic E-state index is 0. The molecule has 22 heavy (non-hydrogen) atoms. The number of rotatable bonds is 4. The topological polar surface area (TPSA) is 55.6 Å². The molecule has 1 aromatic carbocycles. The smallest absolute Gasteiger partial charge is 0.416 e. The van der Waals surface area contributed by atoms with Crippen LogP contribution in [-0.4, -0.2) is 36.5 Å². The van der Waals surface area contributed by atoms with Crippen LogP contribution in [-0.2, 0) is 11.0 Å². The van der Waals surface area contributed by atoms with Crippen molar-refractivity contribution in [3.05, 3.63) is 29.8 Å². The van der Waals surface area contributed by atoms with E-state index in [0.29, 0.717) is 13.1 Å². The van der Waals surface area contributed by atoms with E-state index in [-0.39, 0.29) is 36.7 Å². The Labute approximate surface area is 132 Å². The lowest BCUT2D eigenvalue weighted by Crippen LogP contribution is -2.42. The molecule has 1 aliphatic rings. The van der Waals surface area contributed by atoms with Crippen molar-refractivity contribution in [1.29, 1.82) is 0 Å². The van der Waals surface area contributed by atoms with Crippen LogP contribution >= 0.6 is 12.4 Å². The van der Waals surface area contributed by atoms with Crippen LogP contribution in [0.25, 0.3) is 0 Å². The van der Waals surface area contributed by atoms with Gasteiger partial charge in [-0.1, -0.05) is 0 Å². The van der Waals surface area contributed by atoms with Gasteiger partial charge in [0.2, 0.25) is 0 Å². The normalized spacial score (nSPS) is 18.0. The summed E-state index contributed by atoms with van der Waals surface area (Å²) < 4.78 is 42.5. The van der Waals surface area contributed by atoms with Gasteiger partial charge in [0.1, 0.15) is 5.75 Å². The van der Waals surface area contributed by atoms with Crippen LogP contribution in [0.4, 0.5) is 13.2 Å². The van der Waals surface area contributed by atoms with E-state index in [1.165, 1.54) is 12.1 Å². The van der Waals surface area contributed by atoms with E-state index < -0.39 is 11.7 Å². The summed E-state index contributed by atoms with van der Waals surface area (Å²) in [7, 11) is 0. The number of amides is 1. The van der Waals surface area contributed by atoms with Crippen LogP contribution in [0.2, 0.25) is 0 Å². The third-order valence-corrected chi connectivity index (χ3v) is 3.51. The van der Waals surface area contributed by atoms with E-state index in [1.807, 2.05) is 0 Å². The first-order valence-electron chi connectivity index (χ1n) is 6.71. The Morgan fingerprint density at radius 3 is 2.50 bits per heavy atom. The Kier molecular flexibility index (Phi) is 6.49. The number of ether oxygens (including phenoxy) is 1. The van der Waals surface area contributed by atoms with Gasteiger partial charge in [-0.2, -0.15) is 13.2 Å². The molecule has 1 heterocycles. The summed E-state index contributed by atoms with van der Waals surface area (Å²) in [6.07, 6.45) is -2.59. The first-order chi connectivity index (χ1) is 9.91. The molecule has 1 atom stereocenters. The second-order valence-corrected chi connectivity index (χ2v) is 4.93. The highest BCUT2D eigenvalue weighted by Crippen LogP contribution is 2.30. The van der Waals surface area contributed by atoms with Crippen molar-refractivity contribution in [1.82, 2.24) is 4.90 Å². The lowest BCUT2D eigenvalue weighted by molar-refractivity contribution is -0.138. The molecule has 1 fully saturated rings. The largest absolute Gasteiger partial charge is 0.484 e. The van der Waals surface area contributed by atoms with Gasteiger partial charge in [0.05, 0.1) is 5.56 Å². The quantitative estimate of drug-likeness (QED) is 0.917. The van der Waals surface area contributed by atoms with E-state index in [9.17, 15) is 18.0 Å². The lowest BCUT2D eigenvalue weighted by Gasteiger charge is -2.23. The summed E-state index contributed by atoms with van der Waals surface area (Å²) in [4.78, 5) is 13.7. The van der Waals surface area contributed by atoms with Crippen LogP contribution in [0, 0.1) is 0 Å². The highest BCUT2D eigenvalue weighted by molar-refractivity contribution is 5.85. The van der Waals surface area contributed by atoms with Crippen molar-refractivity contribution < 1.29 is 22.7 Å². The molecule has 0 bridgehead atoms. The number of halogens is 4. The number of hydrogen-bond acceptors (Lipinski definition) is 3. The fraction of sp³-hybridized carbons (Fsp3) is 0.500. The van der Waals surface area contributed by atoms with E-state index in [4.69, 9.17) is 10.5 Å². The average molecular weight is 339 g/mol. The van der Waals surface area contributed by atoms with E-state index in [2.05, 4.69) is 0 Å². The predicted octanol–water partition coefficient (Wildman–Crippen LogP) is 2.46. The molecule has 1 aromatic rings. The molecule has 1 unspecified atom stereocenters. The molecule has 4 nitrogen and oxygen atoms in total. The fourth-order valence-electron chi connectivity index (χ4n) is 2.38. The number of likely N-dealkylation sites (tertiary alicyclic amines) is 1. The number of carbonyl (C=O) groups is 1. The Morgan fingerprint density at radius 2 is 1.95 bits per heavy atom. The molecule has 1 amide bonds. The summed E-state index contributed by atoms with van der Waals surface area (Å²) in [5.74, 6) is 0.0442. The van der Waals surface area contributed by atoms with Gasteiger partial charge < -0.3 is 15.4 Å². The maximum atomic E-state index is 12.4. The number of hydrogen-bond donors (Lipinski definition) is 1. The van der Waals surface area contributed by atoms with Crippen molar-refractivity contribution in [2.75, 3.05) is 19.7 Å². The van der Waals surface area contributed by atoms with Gasteiger partial charge in [-0.15, -0.1) is 12.4 Å². The zero-order chi connectivity index (χ0) is 15.5. The van der Waals surface area contributed by atoms with Crippen LogP contribution in [0.15, 0.2) is 24.3 Å². The number of carbonyl (C=O) groups excluding carboxylic acids is 1. The number of nitrogens with zero attached hydrogens (tertiary/aromatic N) is 1. The maximum Gasteiger partial charge on any atom is 0.416 e. The minimum atomic E-state index is -4.38. The molecule has 0 spiro atoms. The first kappa shape index (κ1) is 18.6. The highest BCUT2D eigenvalue weighted by atomic mass is 35.5.